The third kappa shape index (κ3) is 3.01. The normalized spacial score (nSPS) is 10.1. The summed E-state index contributed by atoms with van der Waals surface area (Å²) in [6.07, 6.45) is 0.302. The molecule has 1 rings (SSSR count). The Morgan fingerprint density at radius 2 is 2.31 bits per heavy atom. The first-order valence-electron chi connectivity index (χ1n) is 3.70. The van der Waals surface area contributed by atoms with Crippen molar-refractivity contribution in [2.75, 3.05) is 0 Å². The minimum atomic E-state index is 0.0440. The summed E-state index contributed by atoms with van der Waals surface area (Å²) in [5, 5.41) is 0.442. The average Bonchev–Trinajstić information content (AvgIpc) is 2.08. The van der Waals surface area contributed by atoms with Crippen LogP contribution in [0.15, 0.2) is 23.1 Å². The lowest BCUT2D eigenvalue weighted by Gasteiger charge is -2.02. The predicted octanol–water partition coefficient (Wildman–Crippen LogP) is 3.45. The molecule has 0 bridgehead atoms. The highest BCUT2D eigenvalue weighted by Crippen LogP contribution is 2.25. The highest BCUT2D eigenvalue weighted by Gasteiger charge is 2.04. The van der Waals surface area contributed by atoms with Crippen molar-refractivity contribution in [1.82, 2.24) is 0 Å². The van der Waals surface area contributed by atoms with Crippen LogP contribution in [0.3, 0.4) is 0 Å². The molecule has 13 heavy (non-hydrogen) atoms. The van der Waals surface area contributed by atoms with E-state index in [1.54, 1.807) is 12.1 Å². The van der Waals surface area contributed by atoms with Gasteiger partial charge in [0.05, 0.1) is 12.1 Å². The highest BCUT2D eigenvalue weighted by atomic mass is 35.5. The van der Waals surface area contributed by atoms with E-state index in [1.807, 2.05) is 0 Å². The van der Waals surface area contributed by atoms with Crippen LogP contribution in [-0.2, 0) is 11.2 Å². The molecule has 0 saturated heterocycles. The third-order valence-electron chi connectivity index (χ3n) is 1.55. The zero-order chi connectivity index (χ0) is 9.84. The van der Waals surface area contributed by atoms with E-state index >= 15 is 0 Å². The van der Waals surface area contributed by atoms with Gasteiger partial charge in [0, 0.05) is 16.3 Å². The van der Waals surface area contributed by atoms with Crippen LogP contribution in [0.5, 0.6) is 0 Å². The van der Waals surface area contributed by atoms with Gasteiger partial charge in [-0.05, 0) is 24.6 Å². The Hall–Kier alpha value is -0.540. The zero-order valence-electron chi connectivity index (χ0n) is 7.01. The van der Waals surface area contributed by atoms with E-state index in [1.165, 1.54) is 13.0 Å². The topological polar surface area (TPSA) is 17.1 Å². The number of benzene rings is 1. The predicted molar refractivity (Wildman–Crippen MR) is 52.8 cm³/mol. The Morgan fingerprint density at radius 3 is 2.77 bits per heavy atom. The van der Waals surface area contributed by atoms with Crippen molar-refractivity contribution in [2.24, 2.45) is 0 Å². The van der Waals surface area contributed by atoms with Crippen LogP contribution in [0.1, 0.15) is 12.5 Å². The fourth-order valence-corrected chi connectivity index (χ4v) is 1.58. The summed E-state index contributed by atoms with van der Waals surface area (Å²) < 4.78 is 12.1. The molecule has 0 radical (unpaired) electrons. The largest absolute Gasteiger partial charge is 0.300 e. The van der Waals surface area contributed by atoms with Gasteiger partial charge in [-0.25, -0.2) is 0 Å². The van der Waals surface area contributed by atoms with E-state index < -0.39 is 0 Å². The van der Waals surface area contributed by atoms with E-state index in [0.29, 0.717) is 16.3 Å². The average molecular weight is 219 g/mol. The van der Waals surface area contributed by atoms with E-state index in [0.717, 1.165) is 5.56 Å². The van der Waals surface area contributed by atoms with Gasteiger partial charge in [-0.1, -0.05) is 17.7 Å². The van der Waals surface area contributed by atoms with Crippen molar-refractivity contribution in [3.05, 3.63) is 28.8 Å². The van der Waals surface area contributed by atoms with Crippen molar-refractivity contribution >= 4 is 29.5 Å². The van der Waals surface area contributed by atoms with Gasteiger partial charge in [-0.15, -0.1) is 0 Å². The minimum Gasteiger partial charge on any atom is -0.300 e. The molecule has 0 aliphatic carbocycles. The number of Topliss-reactive ketones (excluding diaryl/α,β-unsaturated/α-hetero) is 1. The van der Waals surface area contributed by atoms with Gasteiger partial charge in [0.1, 0.15) is 5.78 Å². The molecule has 1 nitrogen and oxygen atoms in total. The summed E-state index contributed by atoms with van der Waals surface area (Å²) in [5.74, 6) is 0.0440. The molecule has 0 aliphatic heterocycles. The monoisotopic (exact) mass is 218 g/mol. The molecule has 1 aromatic rings. The molecule has 0 unspecified atom stereocenters. The first-order valence-corrected chi connectivity index (χ1v) is 4.79. The summed E-state index contributed by atoms with van der Waals surface area (Å²) in [6.45, 7) is 1.49. The molecule has 0 atom stereocenters. The van der Waals surface area contributed by atoms with Gasteiger partial charge in [-0.3, -0.25) is 4.79 Å². The molecule has 0 aliphatic rings. The Morgan fingerprint density at radius 1 is 1.62 bits per heavy atom. The lowest BCUT2D eigenvalue weighted by molar-refractivity contribution is -0.116. The van der Waals surface area contributed by atoms with Crippen molar-refractivity contribution in [3.63, 3.8) is 0 Å². The molecule has 0 amide bonds. The number of halogens is 2. The first-order chi connectivity index (χ1) is 6.13. The summed E-state index contributed by atoms with van der Waals surface area (Å²) in [6, 6.07) is 4.80. The first kappa shape index (κ1) is 10.5. The smallest absolute Gasteiger partial charge is 0.134 e. The van der Waals surface area contributed by atoms with Crippen molar-refractivity contribution in [3.8, 4) is 0 Å². The SMILES string of the molecule is CC(=O)Cc1ccc(SF)cc1Cl. The van der Waals surface area contributed by atoms with Crippen LogP contribution in [-0.4, -0.2) is 5.78 Å². The van der Waals surface area contributed by atoms with Crippen LogP contribution in [0.25, 0.3) is 0 Å². The van der Waals surface area contributed by atoms with Gasteiger partial charge in [0.25, 0.3) is 0 Å². The zero-order valence-corrected chi connectivity index (χ0v) is 8.58. The number of carbonyl (C=O) groups is 1. The molecule has 0 saturated carbocycles. The maximum absolute atomic E-state index is 12.1. The molecule has 0 spiro atoms. The second-order valence-electron chi connectivity index (χ2n) is 2.71. The summed E-state index contributed by atoms with van der Waals surface area (Å²) in [4.78, 5) is 11.2. The summed E-state index contributed by atoms with van der Waals surface area (Å²) in [5.41, 5.74) is 0.743. The van der Waals surface area contributed by atoms with E-state index in [4.69, 9.17) is 11.6 Å². The molecule has 4 heteroatoms. The molecule has 1 aromatic carbocycles. The Bertz CT molecular complexity index is 327. The number of hydrogen-bond acceptors (Lipinski definition) is 2. The van der Waals surface area contributed by atoms with Crippen LogP contribution in [0.2, 0.25) is 5.02 Å². The van der Waals surface area contributed by atoms with Crippen LogP contribution in [0.4, 0.5) is 3.89 Å². The van der Waals surface area contributed by atoms with E-state index in [9.17, 15) is 8.68 Å². The molecular weight excluding hydrogens is 211 g/mol. The van der Waals surface area contributed by atoms with Crippen molar-refractivity contribution in [1.29, 1.82) is 0 Å². The number of hydrogen-bond donors (Lipinski definition) is 0. The van der Waals surface area contributed by atoms with Gasteiger partial charge in [0.2, 0.25) is 0 Å². The summed E-state index contributed by atoms with van der Waals surface area (Å²) in [7, 11) is 0. The molecule has 0 aromatic heterocycles. The fraction of sp³-hybridized carbons (Fsp3) is 0.222. The standard InChI is InChI=1S/C9H8ClFOS/c1-6(12)4-7-2-3-8(13-11)5-9(7)10/h2-3,5H,4H2,1H3. The van der Waals surface area contributed by atoms with Crippen molar-refractivity contribution in [2.45, 2.75) is 18.2 Å². The lowest BCUT2D eigenvalue weighted by atomic mass is 10.1. The lowest BCUT2D eigenvalue weighted by Crippen LogP contribution is -1.96. The highest BCUT2D eigenvalue weighted by molar-refractivity contribution is 7.94. The number of ketones is 1. The number of carbonyl (C=O) groups excluding carboxylic acids is 1. The van der Waals surface area contributed by atoms with Gasteiger partial charge in [-0.2, -0.15) is 3.89 Å². The van der Waals surface area contributed by atoms with Gasteiger partial charge >= 0.3 is 0 Å². The maximum atomic E-state index is 12.1. The van der Waals surface area contributed by atoms with Gasteiger partial charge in [0.15, 0.2) is 0 Å². The van der Waals surface area contributed by atoms with Crippen LogP contribution in [0, 0.1) is 0 Å². The third-order valence-corrected chi connectivity index (χ3v) is 2.34. The van der Waals surface area contributed by atoms with E-state index in [2.05, 4.69) is 0 Å². The second kappa shape index (κ2) is 4.63. The fourth-order valence-electron chi connectivity index (χ4n) is 0.988. The molecule has 0 fully saturated rings. The molecule has 70 valence electrons. The second-order valence-corrected chi connectivity index (χ2v) is 3.74. The molecular formula is C9H8ClFOS. The summed E-state index contributed by atoms with van der Waals surface area (Å²) >= 11 is 5.96. The quantitative estimate of drug-likeness (QED) is 0.773. The number of rotatable bonds is 3. The Labute approximate surface area is 85.6 Å². The van der Waals surface area contributed by atoms with Crippen LogP contribution >= 0.6 is 23.7 Å². The van der Waals surface area contributed by atoms with E-state index in [-0.39, 0.29) is 17.9 Å². The van der Waals surface area contributed by atoms with Gasteiger partial charge < -0.3 is 0 Å². The molecule has 0 N–H and O–H groups in total. The maximum Gasteiger partial charge on any atom is 0.134 e. The molecule has 0 heterocycles. The Balaban J connectivity index is 2.91. The van der Waals surface area contributed by atoms with Crippen molar-refractivity contribution < 1.29 is 8.68 Å². The van der Waals surface area contributed by atoms with Crippen LogP contribution < -0.4 is 0 Å². The minimum absolute atomic E-state index is 0.0440. The Kier molecular flexibility index (Phi) is 3.75.